The SMILES string of the molecule is CC(C)(C)Cc1cccc(C2CCCCC2(F)F)c1. The predicted octanol–water partition coefficient (Wildman–Crippen LogP) is 5.57. The second-order valence-corrected chi connectivity index (χ2v) is 7.04. The van der Waals surface area contributed by atoms with E-state index in [2.05, 4.69) is 26.8 Å². The number of hydrogen-bond donors (Lipinski definition) is 0. The van der Waals surface area contributed by atoms with Crippen LogP contribution < -0.4 is 0 Å². The van der Waals surface area contributed by atoms with E-state index in [9.17, 15) is 8.78 Å². The Balaban J connectivity index is 2.23. The van der Waals surface area contributed by atoms with Crippen LogP contribution in [-0.4, -0.2) is 5.92 Å². The standard InChI is InChI=1S/C17H24F2/c1-16(2,3)12-13-7-6-8-14(11-13)15-9-4-5-10-17(15,18)19/h6-8,11,15H,4-5,9-10,12H2,1-3H3. The molecule has 0 saturated heterocycles. The summed E-state index contributed by atoms with van der Waals surface area (Å²) in [6.45, 7) is 6.53. The van der Waals surface area contributed by atoms with Gasteiger partial charge in [-0.3, -0.25) is 0 Å². The highest BCUT2D eigenvalue weighted by atomic mass is 19.3. The molecule has 19 heavy (non-hydrogen) atoms. The molecule has 1 unspecified atom stereocenters. The maximum atomic E-state index is 14.0. The summed E-state index contributed by atoms with van der Waals surface area (Å²) >= 11 is 0. The summed E-state index contributed by atoms with van der Waals surface area (Å²) in [6, 6.07) is 7.85. The van der Waals surface area contributed by atoms with Crippen LogP contribution in [0.25, 0.3) is 0 Å². The monoisotopic (exact) mass is 266 g/mol. The van der Waals surface area contributed by atoms with Gasteiger partial charge < -0.3 is 0 Å². The van der Waals surface area contributed by atoms with Gasteiger partial charge in [-0.1, -0.05) is 51.5 Å². The van der Waals surface area contributed by atoms with E-state index < -0.39 is 11.8 Å². The molecule has 0 amide bonds. The lowest BCUT2D eigenvalue weighted by molar-refractivity contribution is -0.0547. The number of hydrogen-bond acceptors (Lipinski definition) is 0. The minimum absolute atomic E-state index is 0.0428. The van der Waals surface area contributed by atoms with E-state index in [0.717, 1.165) is 18.4 Å². The summed E-state index contributed by atoms with van der Waals surface area (Å²) in [5, 5.41) is 0. The Morgan fingerprint density at radius 2 is 1.95 bits per heavy atom. The molecule has 106 valence electrons. The lowest BCUT2D eigenvalue weighted by atomic mass is 9.79. The Hall–Kier alpha value is -0.920. The van der Waals surface area contributed by atoms with Crippen LogP contribution in [0.3, 0.4) is 0 Å². The molecule has 0 aliphatic heterocycles. The minimum atomic E-state index is -2.53. The molecule has 1 aromatic rings. The molecule has 0 bridgehead atoms. The topological polar surface area (TPSA) is 0 Å². The molecule has 0 N–H and O–H groups in total. The molecule has 1 fully saturated rings. The largest absolute Gasteiger partial charge is 0.254 e. The zero-order valence-corrected chi connectivity index (χ0v) is 12.2. The van der Waals surface area contributed by atoms with E-state index >= 15 is 0 Å². The van der Waals surface area contributed by atoms with Gasteiger partial charge in [0.1, 0.15) is 0 Å². The maximum Gasteiger partial charge on any atom is 0.254 e. The van der Waals surface area contributed by atoms with Crippen molar-refractivity contribution in [2.75, 3.05) is 0 Å². The van der Waals surface area contributed by atoms with Gasteiger partial charge in [-0.15, -0.1) is 0 Å². The lowest BCUT2D eigenvalue weighted by Crippen LogP contribution is -2.29. The van der Waals surface area contributed by atoms with Gasteiger partial charge in [0.05, 0.1) is 0 Å². The molecule has 1 aliphatic carbocycles. The molecule has 2 rings (SSSR count). The van der Waals surface area contributed by atoms with Gasteiger partial charge in [0, 0.05) is 12.3 Å². The van der Waals surface area contributed by atoms with Crippen LogP contribution in [0, 0.1) is 5.41 Å². The van der Waals surface area contributed by atoms with E-state index in [4.69, 9.17) is 0 Å². The van der Waals surface area contributed by atoms with Crippen LogP contribution in [0.2, 0.25) is 0 Å². The Bertz CT molecular complexity index is 429. The van der Waals surface area contributed by atoms with Crippen molar-refractivity contribution in [2.24, 2.45) is 5.41 Å². The number of halogens is 2. The number of alkyl halides is 2. The van der Waals surface area contributed by atoms with Crippen molar-refractivity contribution in [1.82, 2.24) is 0 Å². The molecular formula is C17H24F2. The van der Waals surface area contributed by atoms with Crippen molar-refractivity contribution in [3.8, 4) is 0 Å². The summed E-state index contributed by atoms with van der Waals surface area (Å²) in [5.74, 6) is -3.11. The molecule has 1 aromatic carbocycles. The van der Waals surface area contributed by atoms with Crippen molar-refractivity contribution in [3.63, 3.8) is 0 Å². The van der Waals surface area contributed by atoms with Crippen LogP contribution in [0.15, 0.2) is 24.3 Å². The Labute approximate surface area is 115 Å². The fourth-order valence-electron chi connectivity index (χ4n) is 3.04. The second kappa shape index (κ2) is 5.22. The van der Waals surface area contributed by atoms with Gasteiger partial charge in [0.15, 0.2) is 0 Å². The first-order chi connectivity index (χ1) is 8.78. The quantitative estimate of drug-likeness (QED) is 0.656. The van der Waals surface area contributed by atoms with E-state index in [1.807, 2.05) is 18.2 Å². The lowest BCUT2D eigenvalue weighted by Gasteiger charge is -2.32. The van der Waals surface area contributed by atoms with Crippen molar-refractivity contribution in [1.29, 1.82) is 0 Å². The summed E-state index contributed by atoms with van der Waals surface area (Å²) in [7, 11) is 0. The first-order valence-corrected chi connectivity index (χ1v) is 7.25. The van der Waals surface area contributed by atoms with Gasteiger partial charge in [0.25, 0.3) is 5.92 Å². The zero-order chi connectivity index (χ0) is 14.1. The van der Waals surface area contributed by atoms with Gasteiger partial charge in [-0.05, 0) is 35.8 Å². The second-order valence-electron chi connectivity index (χ2n) is 7.04. The van der Waals surface area contributed by atoms with Gasteiger partial charge in [-0.2, -0.15) is 0 Å². The summed E-state index contributed by atoms with van der Waals surface area (Å²) in [5.41, 5.74) is 2.19. The first kappa shape index (κ1) is 14.5. The third-order valence-electron chi connectivity index (χ3n) is 3.85. The van der Waals surface area contributed by atoms with Crippen LogP contribution >= 0.6 is 0 Å². The van der Waals surface area contributed by atoms with E-state index in [1.54, 1.807) is 0 Å². The molecule has 0 radical (unpaired) electrons. The molecule has 0 heterocycles. The van der Waals surface area contributed by atoms with E-state index in [-0.39, 0.29) is 11.8 Å². The van der Waals surface area contributed by atoms with Crippen molar-refractivity contribution in [2.45, 2.75) is 64.7 Å². The smallest absolute Gasteiger partial charge is 0.206 e. The average Bonchev–Trinajstić information content (AvgIpc) is 2.26. The Kier molecular flexibility index (Phi) is 3.98. The highest BCUT2D eigenvalue weighted by Crippen LogP contribution is 2.44. The number of rotatable bonds is 2. The molecule has 1 saturated carbocycles. The highest BCUT2D eigenvalue weighted by Gasteiger charge is 2.42. The Morgan fingerprint density at radius 3 is 2.58 bits per heavy atom. The van der Waals surface area contributed by atoms with Gasteiger partial charge in [-0.25, -0.2) is 8.78 Å². The number of benzene rings is 1. The van der Waals surface area contributed by atoms with E-state index in [1.165, 1.54) is 5.56 Å². The van der Waals surface area contributed by atoms with Crippen LogP contribution in [-0.2, 0) is 6.42 Å². The molecule has 1 atom stereocenters. The molecule has 0 spiro atoms. The average molecular weight is 266 g/mol. The first-order valence-electron chi connectivity index (χ1n) is 7.25. The van der Waals surface area contributed by atoms with Gasteiger partial charge in [0.2, 0.25) is 0 Å². The molecule has 0 nitrogen and oxygen atoms in total. The van der Waals surface area contributed by atoms with Gasteiger partial charge >= 0.3 is 0 Å². The zero-order valence-electron chi connectivity index (χ0n) is 12.2. The minimum Gasteiger partial charge on any atom is -0.206 e. The third-order valence-corrected chi connectivity index (χ3v) is 3.85. The molecule has 0 aromatic heterocycles. The fourth-order valence-corrected chi connectivity index (χ4v) is 3.04. The summed E-state index contributed by atoms with van der Waals surface area (Å²) < 4.78 is 28.0. The van der Waals surface area contributed by atoms with Crippen LogP contribution in [0.1, 0.15) is 63.5 Å². The summed E-state index contributed by atoms with van der Waals surface area (Å²) in [6.07, 6.45) is 3.17. The maximum absolute atomic E-state index is 14.0. The third kappa shape index (κ3) is 3.77. The normalized spacial score (nSPS) is 23.3. The summed E-state index contributed by atoms with van der Waals surface area (Å²) in [4.78, 5) is 0. The molecular weight excluding hydrogens is 242 g/mol. The molecule has 1 aliphatic rings. The van der Waals surface area contributed by atoms with Crippen molar-refractivity contribution >= 4 is 0 Å². The van der Waals surface area contributed by atoms with Crippen molar-refractivity contribution < 1.29 is 8.78 Å². The Morgan fingerprint density at radius 1 is 1.21 bits per heavy atom. The predicted molar refractivity (Wildman–Crippen MR) is 75.8 cm³/mol. The fraction of sp³-hybridized carbons (Fsp3) is 0.647. The van der Waals surface area contributed by atoms with E-state index in [0.29, 0.717) is 12.8 Å². The van der Waals surface area contributed by atoms with Crippen molar-refractivity contribution in [3.05, 3.63) is 35.4 Å². The van der Waals surface area contributed by atoms with Crippen LogP contribution in [0.5, 0.6) is 0 Å². The highest BCUT2D eigenvalue weighted by molar-refractivity contribution is 5.29. The molecule has 2 heteroatoms. The van der Waals surface area contributed by atoms with Crippen LogP contribution in [0.4, 0.5) is 8.78 Å².